The van der Waals surface area contributed by atoms with Crippen molar-refractivity contribution in [3.05, 3.63) is 64.2 Å². The van der Waals surface area contributed by atoms with E-state index in [1.807, 2.05) is 18.2 Å². The number of aryl methyl sites for hydroxylation is 1. The number of benzene rings is 2. The molecule has 0 saturated heterocycles. The number of nitrogen functional groups attached to an aromatic ring is 1. The lowest BCUT2D eigenvalue weighted by molar-refractivity contribution is 0.271. The van der Waals surface area contributed by atoms with E-state index in [0.717, 1.165) is 35.9 Å². The van der Waals surface area contributed by atoms with Crippen LogP contribution >= 0.6 is 11.6 Å². The van der Waals surface area contributed by atoms with E-state index in [9.17, 15) is 0 Å². The quantitative estimate of drug-likeness (QED) is 0.833. The van der Waals surface area contributed by atoms with E-state index < -0.39 is 0 Å². The van der Waals surface area contributed by atoms with Crippen LogP contribution in [-0.2, 0) is 13.1 Å². The molecule has 0 spiro atoms. The van der Waals surface area contributed by atoms with Crippen LogP contribution in [0.5, 0.6) is 0 Å². The molecule has 2 N–H and O–H groups in total. The highest BCUT2D eigenvalue weighted by atomic mass is 35.5. The summed E-state index contributed by atoms with van der Waals surface area (Å²) < 4.78 is 0. The van der Waals surface area contributed by atoms with Gasteiger partial charge in [-0.25, -0.2) is 0 Å². The Balaban J connectivity index is 2.13. The van der Waals surface area contributed by atoms with Gasteiger partial charge in [-0.15, -0.1) is 0 Å². The van der Waals surface area contributed by atoms with Gasteiger partial charge in [-0.05, 0) is 48.4 Å². The second-order valence-corrected chi connectivity index (χ2v) is 5.51. The number of halogens is 1. The van der Waals surface area contributed by atoms with E-state index in [0.29, 0.717) is 0 Å². The van der Waals surface area contributed by atoms with E-state index in [4.69, 9.17) is 17.3 Å². The molecule has 0 saturated carbocycles. The summed E-state index contributed by atoms with van der Waals surface area (Å²) in [6.07, 6.45) is 0. The largest absolute Gasteiger partial charge is 0.398 e. The van der Waals surface area contributed by atoms with E-state index in [1.165, 1.54) is 11.1 Å². The smallest absolute Gasteiger partial charge is 0.0410 e. The minimum absolute atomic E-state index is 0.737. The maximum Gasteiger partial charge on any atom is 0.0410 e. The zero-order valence-electron chi connectivity index (χ0n) is 12.1. The molecule has 0 aliphatic rings. The molecule has 0 amide bonds. The predicted octanol–water partition coefficient (Wildman–Crippen LogP) is 4.25. The highest BCUT2D eigenvalue weighted by molar-refractivity contribution is 6.30. The van der Waals surface area contributed by atoms with Gasteiger partial charge in [0.15, 0.2) is 0 Å². The summed E-state index contributed by atoms with van der Waals surface area (Å²) in [4.78, 5) is 2.37. The molecule has 3 heteroatoms. The molecule has 2 aromatic rings. The van der Waals surface area contributed by atoms with Crippen LogP contribution in [0.25, 0.3) is 0 Å². The first kappa shape index (κ1) is 14.9. The fourth-order valence-electron chi connectivity index (χ4n) is 2.26. The molecule has 2 nitrogen and oxygen atoms in total. The number of rotatable bonds is 5. The van der Waals surface area contributed by atoms with Crippen LogP contribution in [0.1, 0.15) is 23.6 Å². The minimum Gasteiger partial charge on any atom is -0.398 e. The molecule has 0 heterocycles. The van der Waals surface area contributed by atoms with E-state index in [-0.39, 0.29) is 0 Å². The summed E-state index contributed by atoms with van der Waals surface area (Å²) in [5.41, 5.74) is 10.6. The minimum atomic E-state index is 0.737. The van der Waals surface area contributed by atoms with Crippen molar-refractivity contribution in [2.24, 2.45) is 0 Å². The first-order valence-electron chi connectivity index (χ1n) is 6.91. The van der Waals surface area contributed by atoms with Crippen LogP contribution in [0.3, 0.4) is 0 Å². The van der Waals surface area contributed by atoms with Crippen LogP contribution in [-0.4, -0.2) is 11.4 Å². The van der Waals surface area contributed by atoms with E-state index >= 15 is 0 Å². The molecule has 0 bridgehead atoms. The van der Waals surface area contributed by atoms with Crippen molar-refractivity contribution in [3.8, 4) is 0 Å². The van der Waals surface area contributed by atoms with Gasteiger partial charge in [-0.2, -0.15) is 0 Å². The molecule has 2 aromatic carbocycles. The molecule has 0 aliphatic heterocycles. The van der Waals surface area contributed by atoms with Crippen LogP contribution in [0.4, 0.5) is 5.69 Å². The first-order chi connectivity index (χ1) is 9.60. The third-order valence-corrected chi connectivity index (χ3v) is 3.84. The maximum absolute atomic E-state index is 6.05. The lowest BCUT2D eigenvalue weighted by Gasteiger charge is -2.22. The van der Waals surface area contributed by atoms with Crippen molar-refractivity contribution in [2.45, 2.75) is 26.9 Å². The van der Waals surface area contributed by atoms with Gasteiger partial charge in [0.1, 0.15) is 0 Å². The average molecular weight is 289 g/mol. The molecule has 2 rings (SSSR count). The fraction of sp³-hybridized carbons (Fsp3) is 0.294. The summed E-state index contributed by atoms with van der Waals surface area (Å²) in [6, 6.07) is 14.2. The normalized spacial score (nSPS) is 11.0. The van der Waals surface area contributed by atoms with Gasteiger partial charge in [0.05, 0.1) is 0 Å². The molecule has 0 aliphatic carbocycles. The number of anilines is 1. The summed E-state index contributed by atoms with van der Waals surface area (Å²) in [5, 5.41) is 0.737. The first-order valence-corrected chi connectivity index (χ1v) is 7.28. The molecule has 0 radical (unpaired) electrons. The van der Waals surface area contributed by atoms with Crippen LogP contribution in [0.15, 0.2) is 42.5 Å². The van der Waals surface area contributed by atoms with Gasteiger partial charge in [0.2, 0.25) is 0 Å². The Morgan fingerprint density at radius 3 is 2.45 bits per heavy atom. The summed E-state index contributed by atoms with van der Waals surface area (Å²) >= 11 is 6.05. The van der Waals surface area contributed by atoms with Gasteiger partial charge < -0.3 is 5.73 Å². The number of hydrogen-bond acceptors (Lipinski definition) is 2. The second kappa shape index (κ2) is 6.78. The second-order valence-electron chi connectivity index (χ2n) is 5.07. The van der Waals surface area contributed by atoms with Crippen molar-refractivity contribution in [3.63, 3.8) is 0 Å². The van der Waals surface area contributed by atoms with Crippen molar-refractivity contribution in [2.75, 3.05) is 12.3 Å². The zero-order chi connectivity index (χ0) is 14.5. The highest BCUT2D eigenvalue weighted by Crippen LogP contribution is 2.21. The predicted molar refractivity (Wildman–Crippen MR) is 86.8 cm³/mol. The summed E-state index contributed by atoms with van der Waals surface area (Å²) in [6.45, 7) is 7.03. The zero-order valence-corrected chi connectivity index (χ0v) is 12.8. The van der Waals surface area contributed by atoms with Crippen LogP contribution in [0, 0.1) is 6.92 Å². The Morgan fingerprint density at radius 1 is 1.05 bits per heavy atom. The number of nitrogens with zero attached hydrogens (tertiary/aromatic N) is 1. The molecule has 20 heavy (non-hydrogen) atoms. The Hall–Kier alpha value is -1.51. The SMILES string of the molecule is CCN(Cc1ccccc1C)Cc1cc(Cl)ccc1N. The Morgan fingerprint density at radius 2 is 1.75 bits per heavy atom. The topological polar surface area (TPSA) is 29.3 Å². The van der Waals surface area contributed by atoms with E-state index in [1.54, 1.807) is 0 Å². The van der Waals surface area contributed by atoms with Gasteiger partial charge in [-0.3, -0.25) is 4.90 Å². The molecule has 106 valence electrons. The molecule has 0 unspecified atom stereocenters. The Kier molecular flexibility index (Phi) is 5.05. The van der Waals surface area contributed by atoms with Crippen LogP contribution < -0.4 is 5.73 Å². The van der Waals surface area contributed by atoms with Crippen molar-refractivity contribution >= 4 is 17.3 Å². The molecular weight excluding hydrogens is 268 g/mol. The molecule has 0 atom stereocenters. The number of hydrogen-bond donors (Lipinski definition) is 1. The van der Waals surface area contributed by atoms with E-state index in [2.05, 4.69) is 43.0 Å². The van der Waals surface area contributed by atoms with Gasteiger partial charge in [0, 0.05) is 23.8 Å². The van der Waals surface area contributed by atoms with Crippen LogP contribution in [0.2, 0.25) is 5.02 Å². The molecular formula is C17H21ClN2. The number of nitrogens with two attached hydrogens (primary N) is 1. The lowest BCUT2D eigenvalue weighted by Crippen LogP contribution is -2.23. The Bertz CT molecular complexity index is 581. The van der Waals surface area contributed by atoms with Gasteiger partial charge >= 0.3 is 0 Å². The third kappa shape index (κ3) is 3.75. The Labute approximate surface area is 126 Å². The highest BCUT2D eigenvalue weighted by Gasteiger charge is 2.09. The molecule has 0 fully saturated rings. The fourth-order valence-corrected chi connectivity index (χ4v) is 2.45. The standard InChI is InChI=1S/C17H21ClN2/c1-3-20(11-14-7-5-4-6-13(14)2)12-15-10-16(18)8-9-17(15)19/h4-10H,3,11-12,19H2,1-2H3. The van der Waals surface area contributed by atoms with Gasteiger partial charge in [0.25, 0.3) is 0 Å². The summed E-state index contributed by atoms with van der Waals surface area (Å²) in [7, 11) is 0. The van der Waals surface area contributed by atoms with Crippen molar-refractivity contribution in [1.29, 1.82) is 0 Å². The van der Waals surface area contributed by atoms with Crippen molar-refractivity contribution < 1.29 is 0 Å². The van der Waals surface area contributed by atoms with Crippen molar-refractivity contribution in [1.82, 2.24) is 4.90 Å². The molecule has 0 aromatic heterocycles. The third-order valence-electron chi connectivity index (χ3n) is 3.60. The monoisotopic (exact) mass is 288 g/mol. The summed E-state index contributed by atoms with van der Waals surface area (Å²) in [5.74, 6) is 0. The maximum atomic E-state index is 6.05. The lowest BCUT2D eigenvalue weighted by atomic mass is 10.1. The average Bonchev–Trinajstić information content (AvgIpc) is 2.44. The van der Waals surface area contributed by atoms with Gasteiger partial charge in [-0.1, -0.05) is 42.8 Å².